The summed E-state index contributed by atoms with van der Waals surface area (Å²) in [5.41, 5.74) is 0.480. The number of hydrogen-bond donors (Lipinski definition) is 0. The third-order valence-electron chi connectivity index (χ3n) is 4.45. The fraction of sp³-hybridized carbons (Fsp3) is 0.714. The summed E-state index contributed by atoms with van der Waals surface area (Å²) in [6.45, 7) is 2.23. The van der Waals surface area contributed by atoms with Crippen molar-refractivity contribution in [1.82, 2.24) is 9.88 Å². The van der Waals surface area contributed by atoms with E-state index in [9.17, 15) is 4.79 Å². The molecule has 2 atom stereocenters. The van der Waals surface area contributed by atoms with Crippen molar-refractivity contribution in [3.63, 3.8) is 0 Å². The molecule has 1 aromatic heterocycles. The van der Waals surface area contributed by atoms with Crippen molar-refractivity contribution >= 4 is 17.3 Å². The minimum absolute atomic E-state index is 0.291. The van der Waals surface area contributed by atoms with E-state index >= 15 is 0 Å². The fourth-order valence-corrected chi connectivity index (χ4v) is 4.30. The van der Waals surface area contributed by atoms with Crippen LogP contribution in [0.15, 0.2) is 5.38 Å². The van der Waals surface area contributed by atoms with Crippen molar-refractivity contribution in [1.29, 1.82) is 0 Å². The molecule has 2 bridgehead atoms. The average molecular weight is 280 g/mol. The Morgan fingerprint density at radius 3 is 2.79 bits per heavy atom. The number of nitrogens with zero attached hydrogens (tertiary/aromatic N) is 2. The first-order chi connectivity index (χ1) is 9.19. The number of esters is 1. The van der Waals surface area contributed by atoms with E-state index in [4.69, 9.17) is 4.74 Å². The van der Waals surface area contributed by atoms with Crippen LogP contribution in [-0.4, -0.2) is 41.6 Å². The maximum atomic E-state index is 11.6. The van der Waals surface area contributed by atoms with Gasteiger partial charge in [0.1, 0.15) is 0 Å². The molecule has 3 heterocycles. The van der Waals surface area contributed by atoms with Crippen molar-refractivity contribution in [3.8, 4) is 0 Å². The van der Waals surface area contributed by atoms with Gasteiger partial charge < -0.3 is 9.64 Å². The highest BCUT2D eigenvalue weighted by atomic mass is 32.1. The van der Waals surface area contributed by atoms with Crippen LogP contribution in [0.2, 0.25) is 0 Å². The Morgan fingerprint density at radius 2 is 2.16 bits per heavy atom. The molecular formula is C14H20N2O2S. The Morgan fingerprint density at radius 1 is 1.47 bits per heavy atom. The molecule has 0 amide bonds. The SMILES string of the molecule is CCOC(=O)c1csc(C2CC3CCC(C2)N3C)n1. The largest absolute Gasteiger partial charge is 0.461 e. The predicted octanol–water partition coefficient (Wildman–Crippen LogP) is 2.66. The molecule has 2 saturated heterocycles. The smallest absolute Gasteiger partial charge is 0.357 e. The lowest BCUT2D eigenvalue weighted by Crippen LogP contribution is -2.39. The van der Waals surface area contributed by atoms with Crippen LogP contribution in [0.3, 0.4) is 0 Å². The van der Waals surface area contributed by atoms with Gasteiger partial charge in [0.15, 0.2) is 5.69 Å². The number of piperidine rings is 1. The maximum Gasteiger partial charge on any atom is 0.357 e. The summed E-state index contributed by atoms with van der Waals surface area (Å²) in [6, 6.07) is 1.41. The standard InChI is InChI=1S/C14H20N2O2S/c1-3-18-14(17)12-8-19-13(15-12)9-6-10-4-5-11(7-9)16(10)2/h8-11H,3-7H2,1-2H3. The molecule has 2 aliphatic heterocycles. The molecule has 0 saturated carbocycles. The molecule has 0 spiro atoms. The van der Waals surface area contributed by atoms with Crippen LogP contribution >= 0.6 is 11.3 Å². The zero-order valence-electron chi connectivity index (χ0n) is 11.5. The van der Waals surface area contributed by atoms with Crippen LogP contribution in [0.5, 0.6) is 0 Å². The molecule has 1 aromatic rings. The lowest BCUT2D eigenvalue weighted by atomic mass is 9.92. The van der Waals surface area contributed by atoms with Crippen LogP contribution in [-0.2, 0) is 4.74 Å². The second-order valence-electron chi connectivity index (χ2n) is 5.51. The molecule has 19 heavy (non-hydrogen) atoms. The highest BCUT2D eigenvalue weighted by Crippen LogP contribution is 2.42. The molecule has 0 N–H and O–H groups in total. The maximum absolute atomic E-state index is 11.6. The molecule has 104 valence electrons. The molecule has 0 aliphatic carbocycles. The number of fused-ring (bicyclic) bond motifs is 2. The van der Waals surface area contributed by atoms with Gasteiger partial charge in [0, 0.05) is 23.4 Å². The monoisotopic (exact) mass is 280 g/mol. The third-order valence-corrected chi connectivity index (χ3v) is 5.46. The molecule has 5 heteroatoms. The first kappa shape index (κ1) is 13.1. The first-order valence-electron chi connectivity index (χ1n) is 7.03. The summed E-state index contributed by atoms with van der Waals surface area (Å²) in [6.07, 6.45) is 4.99. The predicted molar refractivity (Wildman–Crippen MR) is 74.6 cm³/mol. The fourth-order valence-electron chi connectivity index (χ4n) is 3.39. The molecule has 0 aromatic carbocycles. The van der Waals surface area contributed by atoms with Gasteiger partial charge in [-0.15, -0.1) is 11.3 Å². The Bertz CT molecular complexity index is 460. The molecule has 2 fully saturated rings. The zero-order valence-corrected chi connectivity index (χ0v) is 12.3. The Hall–Kier alpha value is -0.940. The number of aromatic nitrogens is 1. The summed E-state index contributed by atoms with van der Waals surface area (Å²) in [7, 11) is 2.24. The number of thiazole rings is 1. The van der Waals surface area contributed by atoms with Crippen LogP contribution in [0.1, 0.15) is 54.0 Å². The van der Waals surface area contributed by atoms with Crippen LogP contribution in [0, 0.1) is 0 Å². The van der Waals surface area contributed by atoms with Crippen LogP contribution in [0.4, 0.5) is 0 Å². The molecule has 0 radical (unpaired) electrons. The van der Waals surface area contributed by atoms with Crippen LogP contribution in [0.25, 0.3) is 0 Å². The summed E-state index contributed by atoms with van der Waals surface area (Å²) >= 11 is 1.61. The van der Waals surface area contributed by atoms with Crippen molar-refractivity contribution in [2.75, 3.05) is 13.7 Å². The molecule has 2 unspecified atom stereocenters. The van der Waals surface area contributed by atoms with E-state index in [1.807, 2.05) is 12.3 Å². The van der Waals surface area contributed by atoms with Crippen molar-refractivity contribution in [3.05, 3.63) is 16.1 Å². The van der Waals surface area contributed by atoms with Gasteiger partial charge in [-0.1, -0.05) is 0 Å². The lowest BCUT2D eigenvalue weighted by molar-refractivity contribution is 0.0520. The van der Waals surface area contributed by atoms with Gasteiger partial charge in [-0.2, -0.15) is 0 Å². The quantitative estimate of drug-likeness (QED) is 0.798. The van der Waals surface area contributed by atoms with Crippen molar-refractivity contribution < 1.29 is 9.53 Å². The normalized spacial score (nSPS) is 30.5. The topological polar surface area (TPSA) is 42.4 Å². The van der Waals surface area contributed by atoms with E-state index in [1.165, 1.54) is 25.7 Å². The van der Waals surface area contributed by atoms with Gasteiger partial charge in [0.05, 0.1) is 11.6 Å². The highest BCUT2D eigenvalue weighted by Gasteiger charge is 2.39. The van der Waals surface area contributed by atoms with E-state index in [1.54, 1.807) is 11.3 Å². The third kappa shape index (κ3) is 2.41. The summed E-state index contributed by atoms with van der Waals surface area (Å²) < 4.78 is 5.00. The van der Waals surface area contributed by atoms with Gasteiger partial charge in [-0.3, -0.25) is 0 Å². The molecule has 2 aliphatic rings. The van der Waals surface area contributed by atoms with Gasteiger partial charge in [0.2, 0.25) is 0 Å². The summed E-state index contributed by atoms with van der Waals surface area (Å²) in [5, 5.41) is 2.96. The highest BCUT2D eigenvalue weighted by molar-refractivity contribution is 7.09. The number of carbonyl (C=O) groups excluding carboxylic acids is 1. The van der Waals surface area contributed by atoms with E-state index in [0.29, 0.717) is 30.3 Å². The second-order valence-corrected chi connectivity index (χ2v) is 6.40. The molecular weight excluding hydrogens is 260 g/mol. The van der Waals surface area contributed by atoms with E-state index in [2.05, 4.69) is 16.9 Å². The number of hydrogen-bond acceptors (Lipinski definition) is 5. The Labute approximate surface area is 117 Å². The minimum Gasteiger partial charge on any atom is -0.461 e. The zero-order chi connectivity index (χ0) is 13.4. The van der Waals surface area contributed by atoms with E-state index in [0.717, 1.165) is 5.01 Å². The minimum atomic E-state index is -0.291. The number of ether oxygens (including phenoxy) is 1. The van der Waals surface area contributed by atoms with Gasteiger partial charge >= 0.3 is 5.97 Å². The summed E-state index contributed by atoms with van der Waals surface area (Å²) in [5.74, 6) is 0.239. The van der Waals surface area contributed by atoms with Gasteiger partial charge in [-0.25, -0.2) is 9.78 Å². The van der Waals surface area contributed by atoms with Crippen molar-refractivity contribution in [2.45, 2.75) is 50.6 Å². The van der Waals surface area contributed by atoms with Gasteiger partial charge in [-0.05, 0) is 39.7 Å². The number of carbonyl (C=O) groups is 1. The average Bonchev–Trinajstić information content (AvgIpc) is 2.93. The van der Waals surface area contributed by atoms with Crippen LogP contribution < -0.4 is 0 Å². The Balaban J connectivity index is 1.72. The van der Waals surface area contributed by atoms with Crippen molar-refractivity contribution in [2.24, 2.45) is 0 Å². The molecule has 3 rings (SSSR count). The number of rotatable bonds is 3. The first-order valence-corrected chi connectivity index (χ1v) is 7.91. The van der Waals surface area contributed by atoms with E-state index < -0.39 is 0 Å². The Kier molecular flexibility index (Phi) is 3.58. The van der Waals surface area contributed by atoms with Gasteiger partial charge in [0.25, 0.3) is 0 Å². The second kappa shape index (κ2) is 5.21. The lowest BCUT2D eigenvalue weighted by Gasteiger charge is -2.35. The molecule has 4 nitrogen and oxygen atoms in total. The van der Waals surface area contributed by atoms with E-state index in [-0.39, 0.29) is 5.97 Å². The summed E-state index contributed by atoms with van der Waals surface area (Å²) in [4.78, 5) is 18.7.